The van der Waals surface area contributed by atoms with Gasteiger partial charge in [-0.25, -0.2) is 12.8 Å². The summed E-state index contributed by atoms with van der Waals surface area (Å²) >= 11 is 2.99. The fraction of sp³-hybridized carbons (Fsp3) is 0.455. The van der Waals surface area contributed by atoms with Gasteiger partial charge in [-0.15, -0.1) is 0 Å². The van der Waals surface area contributed by atoms with Crippen molar-refractivity contribution in [3.63, 3.8) is 0 Å². The van der Waals surface area contributed by atoms with Crippen LogP contribution in [0.2, 0.25) is 0 Å². The minimum absolute atomic E-state index is 0.105. The zero-order valence-electron chi connectivity index (χ0n) is 9.64. The molecule has 0 spiro atoms. The Labute approximate surface area is 114 Å². The third kappa shape index (κ3) is 2.59. The van der Waals surface area contributed by atoms with Crippen molar-refractivity contribution in [2.75, 3.05) is 19.6 Å². The minimum Gasteiger partial charge on any atom is -0.330 e. The van der Waals surface area contributed by atoms with Gasteiger partial charge >= 0.3 is 0 Å². The van der Waals surface area contributed by atoms with Gasteiger partial charge in [0.25, 0.3) is 0 Å². The van der Waals surface area contributed by atoms with Crippen molar-refractivity contribution < 1.29 is 12.8 Å². The van der Waals surface area contributed by atoms with Crippen LogP contribution in [0.1, 0.15) is 6.42 Å². The van der Waals surface area contributed by atoms with Crippen LogP contribution >= 0.6 is 15.9 Å². The van der Waals surface area contributed by atoms with Gasteiger partial charge in [-0.3, -0.25) is 0 Å². The molecule has 1 atom stereocenters. The van der Waals surface area contributed by atoms with Crippen molar-refractivity contribution in [1.82, 2.24) is 4.31 Å². The van der Waals surface area contributed by atoms with Crippen LogP contribution in [0.15, 0.2) is 27.6 Å². The Morgan fingerprint density at radius 1 is 1.50 bits per heavy atom. The predicted octanol–water partition coefficient (Wildman–Crippen LogP) is 1.56. The number of nitrogens with two attached hydrogens (primary N) is 1. The highest BCUT2D eigenvalue weighted by atomic mass is 79.9. The summed E-state index contributed by atoms with van der Waals surface area (Å²) in [5, 5.41) is 0. The number of benzene rings is 1. The largest absolute Gasteiger partial charge is 0.330 e. The maximum atomic E-state index is 13.1. The molecule has 0 saturated carbocycles. The van der Waals surface area contributed by atoms with Crippen molar-refractivity contribution >= 4 is 26.0 Å². The highest BCUT2D eigenvalue weighted by Gasteiger charge is 2.32. The zero-order chi connectivity index (χ0) is 13.3. The quantitative estimate of drug-likeness (QED) is 0.910. The fourth-order valence-corrected chi connectivity index (χ4v) is 4.08. The first-order chi connectivity index (χ1) is 8.45. The van der Waals surface area contributed by atoms with Crippen LogP contribution in [-0.4, -0.2) is 32.4 Å². The van der Waals surface area contributed by atoms with Crippen LogP contribution in [0.5, 0.6) is 0 Å². The van der Waals surface area contributed by atoms with E-state index in [9.17, 15) is 12.8 Å². The Kier molecular flexibility index (Phi) is 4.05. The average Bonchev–Trinajstić information content (AvgIpc) is 2.81. The molecule has 1 saturated heterocycles. The number of hydrogen-bond acceptors (Lipinski definition) is 3. The van der Waals surface area contributed by atoms with Crippen LogP contribution in [0.3, 0.4) is 0 Å². The summed E-state index contributed by atoms with van der Waals surface area (Å²) in [4.78, 5) is 0.105. The Balaban J connectivity index is 2.28. The lowest BCUT2D eigenvalue weighted by molar-refractivity contribution is 0.459. The highest BCUT2D eigenvalue weighted by Crippen LogP contribution is 2.26. The molecule has 4 nitrogen and oxygen atoms in total. The molecule has 7 heteroatoms. The molecule has 1 unspecified atom stereocenters. The first kappa shape index (κ1) is 13.9. The first-order valence-electron chi connectivity index (χ1n) is 5.60. The van der Waals surface area contributed by atoms with Gasteiger partial charge in [0.05, 0.1) is 9.37 Å². The average molecular weight is 337 g/mol. The molecule has 1 aliphatic heterocycles. The topological polar surface area (TPSA) is 63.4 Å². The fourth-order valence-electron chi connectivity index (χ4n) is 1.99. The molecule has 0 radical (unpaired) electrons. The number of halogens is 2. The van der Waals surface area contributed by atoms with E-state index in [1.54, 1.807) is 0 Å². The molecule has 0 aromatic heterocycles. The molecule has 1 aliphatic rings. The molecule has 18 heavy (non-hydrogen) atoms. The van der Waals surface area contributed by atoms with E-state index < -0.39 is 15.8 Å². The monoisotopic (exact) mass is 336 g/mol. The summed E-state index contributed by atoms with van der Waals surface area (Å²) in [6.45, 7) is 1.39. The lowest BCUT2D eigenvalue weighted by Crippen LogP contribution is -2.30. The summed E-state index contributed by atoms with van der Waals surface area (Å²) in [7, 11) is -3.54. The normalized spacial score (nSPS) is 21.4. The van der Waals surface area contributed by atoms with Crippen molar-refractivity contribution in [3.05, 3.63) is 28.5 Å². The third-order valence-corrected chi connectivity index (χ3v) is 5.58. The van der Waals surface area contributed by atoms with Gasteiger partial charge in [0.15, 0.2) is 0 Å². The van der Waals surface area contributed by atoms with Gasteiger partial charge in [-0.05, 0) is 53.0 Å². The predicted molar refractivity (Wildman–Crippen MR) is 70.0 cm³/mol. The van der Waals surface area contributed by atoms with Crippen molar-refractivity contribution in [2.24, 2.45) is 11.7 Å². The minimum atomic E-state index is -3.54. The molecule has 0 aliphatic carbocycles. The van der Waals surface area contributed by atoms with E-state index in [-0.39, 0.29) is 15.3 Å². The van der Waals surface area contributed by atoms with Crippen LogP contribution < -0.4 is 5.73 Å². The molecule has 0 amide bonds. The maximum absolute atomic E-state index is 13.1. The van der Waals surface area contributed by atoms with Crippen LogP contribution in [0.25, 0.3) is 0 Å². The Hall–Kier alpha value is -0.500. The SMILES string of the molecule is NCC1CCN(S(=O)(=O)c2ccc(F)c(Br)c2)C1. The van der Waals surface area contributed by atoms with E-state index in [1.807, 2.05) is 0 Å². The van der Waals surface area contributed by atoms with Gasteiger partial charge in [0, 0.05) is 13.1 Å². The van der Waals surface area contributed by atoms with Gasteiger partial charge in [-0.1, -0.05) is 0 Å². The maximum Gasteiger partial charge on any atom is 0.243 e. The lowest BCUT2D eigenvalue weighted by Gasteiger charge is -2.16. The summed E-state index contributed by atoms with van der Waals surface area (Å²) in [5.41, 5.74) is 5.54. The zero-order valence-corrected chi connectivity index (χ0v) is 12.0. The summed E-state index contributed by atoms with van der Waals surface area (Å²) < 4.78 is 39.3. The van der Waals surface area contributed by atoms with E-state index in [2.05, 4.69) is 15.9 Å². The third-order valence-electron chi connectivity index (χ3n) is 3.11. The van der Waals surface area contributed by atoms with Crippen LogP contribution in [0.4, 0.5) is 4.39 Å². The molecule has 2 N–H and O–H groups in total. The van der Waals surface area contributed by atoms with E-state index in [0.717, 1.165) is 12.5 Å². The smallest absolute Gasteiger partial charge is 0.243 e. The van der Waals surface area contributed by atoms with Gasteiger partial charge in [0.1, 0.15) is 5.82 Å². The second-order valence-corrected chi connectivity index (χ2v) is 7.12. The Bertz CT molecular complexity index is 550. The standard InChI is InChI=1S/C11H14BrFN2O2S/c12-10-5-9(1-2-11(10)13)18(16,17)15-4-3-8(6-14)7-15/h1-2,5,8H,3-4,6-7,14H2. The molecule has 1 aromatic rings. The summed E-state index contributed by atoms with van der Waals surface area (Å²) in [5.74, 6) is -0.265. The molecule has 1 aromatic carbocycles. The number of rotatable bonds is 3. The summed E-state index contributed by atoms with van der Waals surface area (Å²) in [6, 6.07) is 3.72. The van der Waals surface area contributed by atoms with E-state index in [0.29, 0.717) is 19.6 Å². The van der Waals surface area contributed by atoms with Crippen molar-refractivity contribution in [1.29, 1.82) is 0 Å². The van der Waals surface area contributed by atoms with Gasteiger partial charge < -0.3 is 5.73 Å². The Morgan fingerprint density at radius 3 is 2.78 bits per heavy atom. The van der Waals surface area contributed by atoms with E-state index in [1.165, 1.54) is 16.4 Å². The second-order valence-electron chi connectivity index (χ2n) is 4.33. The van der Waals surface area contributed by atoms with Crippen LogP contribution in [-0.2, 0) is 10.0 Å². The molecular formula is C11H14BrFN2O2S. The van der Waals surface area contributed by atoms with Crippen LogP contribution in [0, 0.1) is 11.7 Å². The molecule has 2 rings (SSSR count). The highest BCUT2D eigenvalue weighted by molar-refractivity contribution is 9.10. The number of sulfonamides is 1. The van der Waals surface area contributed by atoms with Crippen molar-refractivity contribution in [2.45, 2.75) is 11.3 Å². The first-order valence-corrected chi connectivity index (χ1v) is 7.83. The summed E-state index contributed by atoms with van der Waals surface area (Å²) in [6.07, 6.45) is 0.776. The second kappa shape index (κ2) is 5.24. The molecule has 0 bridgehead atoms. The lowest BCUT2D eigenvalue weighted by atomic mass is 10.1. The molecule has 100 valence electrons. The molecule has 1 fully saturated rings. The van der Waals surface area contributed by atoms with Crippen molar-refractivity contribution in [3.8, 4) is 0 Å². The molecule has 1 heterocycles. The number of hydrogen-bond donors (Lipinski definition) is 1. The van der Waals surface area contributed by atoms with E-state index >= 15 is 0 Å². The van der Waals surface area contributed by atoms with E-state index in [4.69, 9.17) is 5.73 Å². The number of nitrogens with zero attached hydrogens (tertiary/aromatic N) is 1. The Morgan fingerprint density at radius 2 is 2.22 bits per heavy atom. The van der Waals surface area contributed by atoms with Gasteiger partial charge in [0.2, 0.25) is 10.0 Å². The van der Waals surface area contributed by atoms with Gasteiger partial charge in [-0.2, -0.15) is 4.31 Å². The molecular weight excluding hydrogens is 323 g/mol.